The van der Waals surface area contributed by atoms with Crippen LogP contribution in [0.4, 0.5) is 5.69 Å². The van der Waals surface area contributed by atoms with E-state index in [1.54, 1.807) is 6.92 Å². The van der Waals surface area contributed by atoms with Crippen LogP contribution < -0.4 is 5.73 Å². The van der Waals surface area contributed by atoms with Crippen LogP contribution >= 0.6 is 0 Å². The van der Waals surface area contributed by atoms with E-state index < -0.39 is 16.0 Å². The number of nitrogens with zero attached hydrogens (tertiary/aromatic N) is 1. The molecule has 3 N–H and O–H groups in total. The molecular formula is C12H14N2O4S. The number of sulfonamides is 1. The molecule has 0 saturated carbocycles. The Balaban J connectivity index is 3.45. The molecule has 0 atom stereocenters. The standard InChI is InChI=1S/C12H14N2O4S/c1-3-7-14(4-2)19(17,18)11-6-5-9(13)8-10(11)12(15)16/h1,5-6,8H,4,7,13H2,2H3,(H,15,16). The number of aromatic carboxylic acids is 1. The number of nitrogens with two attached hydrogens (primary N) is 1. The molecule has 0 bridgehead atoms. The van der Waals surface area contributed by atoms with Crippen LogP contribution in [0.3, 0.4) is 0 Å². The van der Waals surface area contributed by atoms with Crippen LogP contribution in [0.2, 0.25) is 0 Å². The summed E-state index contributed by atoms with van der Waals surface area (Å²) in [6.07, 6.45) is 5.11. The van der Waals surface area contributed by atoms with Gasteiger partial charge in [0, 0.05) is 12.2 Å². The number of terminal acetylenes is 1. The molecule has 0 heterocycles. The van der Waals surface area contributed by atoms with Gasteiger partial charge in [0.15, 0.2) is 0 Å². The maximum absolute atomic E-state index is 12.3. The summed E-state index contributed by atoms with van der Waals surface area (Å²) in [4.78, 5) is 10.8. The summed E-state index contributed by atoms with van der Waals surface area (Å²) >= 11 is 0. The number of carboxylic acids is 1. The van der Waals surface area contributed by atoms with Crippen molar-refractivity contribution < 1.29 is 18.3 Å². The van der Waals surface area contributed by atoms with Crippen molar-refractivity contribution in [2.24, 2.45) is 0 Å². The summed E-state index contributed by atoms with van der Waals surface area (Å²) in [6, 6.07) is 3.62. The van der Waals surface area contributed by atoms with Gasteiger partial charge in [-0.1, -0.05) is 12.8 Å². The Morgan fingerprint density at radius 2 is 2.16 bits per heavy atom. The van der Waals surface area contributed by atoms with Gasteiger partial charge in [-0.3, -0.25) is 0 Å². The van der Waals surface area contributed by atoms with Gasteiger partial charge < -0.3 is 10.8 Å². The average molecular weight is 282 g/mol. The molecule has 1 rings (SSSR count). The molecule has 0 aliphatic heterocycles. The first-order valence-corrected chi connectivity index (χ1v) is 6.85. The highest BCUT2D eigenvalue weighted by atomic mass is 32.2. The molecule has 0 fully saturated rings. The Labute approximate surface area is 111 Å². The fourth-order valence-corrected chi connectivity index (χ4v) is 3.07. The summed E-state index contributed by atoms with van der Waals surface area (Å²) < 4.78 is 25.7. The number of carboxylic acid groups (broad SMARTS) is 1. The minimum atomic E-state index is -3.95. The van der Waals surface area contributed by atoms with Gasteiger partial charge in [0.05, 0.1) is 17.0 Å². The van der Waals surface area contributed by atoms with Crippen molar-refractivity contribution in [3.05, 3.63) is 23.8 Å². The van der Waals surface area contributed by atoms with E-state index in [0.29, 0.717) is 0 Å². The fourth-order valence-electron chi connectivity index (χ4n) is 1.55. The van der Waals surface area contributed by atoms with Crippen molar-refractivity contribution in [2.75, 3.05) is 18.8 Å². The summed E-state index contributed by atoms with van der Waals surface area (Å²) in [7, 11) is -3.95. The van der Waals surface area contributed by atoms with E-state index in [2.05, 4.69) is 5.92 Å². The molecule has 1 aromatic carbocycles. The summed E-state index contributed by atoms with van der Waals surface area (Å²) in [5.41, 5.74) is 5.28. The third-order valence-corrected chi connectivity index (χ3v) is 4.45. The third kappa shape index (κ3) is 3.05. The molecule has 102 valence electrons. The molecule has 19 heavy (non-hydrogen) atoms. The Kier molecular flexibility index (Phi) is 4.53. The molecule has 0 aliphatic rings. The third-order valence-electron chi connectivity index (χ3n) is 2.47. The Bertz CT molecular complexity index is 632. The highest BCUT2D eigenvalue weighted by Gasteiger charge is 2.27. The van der Waals surface area contributed by atoms with Gasteiger partial charge in [0.1, 0.15) is 0 Å². The Morgan fingerprint density at radius 3 is 2.63 bits per heavy atom. The van der Waals surface area contributed by atoms with Crippen molar-refractivity contribution in [1.29, 1.82) is 0 Å². The second-order valence-electron chi connectivity index (χ2n) is 3.70. The zero-order valence-electron chi connectivity index (χ0n) is 10.3. The molecule has 0 spiro atoms. The maximum atomic E-state index is 12.3. The zero-order chi connectivity index (χ0) is 14.6. The minimum absolute atomic E-state index is 0.123. The van der Waals surface area contributed by atoms with Gasteiger partial charge in [-0.2, -0.15) is 4.31 Å². The zero-order valence-corrected chi connectivity index (χ0v) is 11.1. The normalized spacial score (nSPS) is 11.2. The van der Waals surface area contributed by atoms with E-state index in [-0.39, 0.29) is 29.2 Å². The lowest BCUT2D eigenvalue weighted by Gasteiger charge is -2.19. The van der Waals surface area contributed by atoms with Crippen molar-refractivity contribution >= 4 is 21.7 Å². The lowest BCUT2D eigenvalue weighted by molar-refractivity contribution is 0.0692. The summed E-state index contributed by atoms with van der Waals surface area (Å²) in [5.74, 6) is 0.871. The Hall–Kier alpha value is -2.04. The fraction of sp³-hybridized carbons (Fsp3) is 0.250. The molecule has 1 aromatic rings. The van der Waals surface area contributed by atoms with Crippen molar-refractivity contribution in [1.82, 2.24) is 4.31 Å². The van der Waals surface area contributed by atoms with E-state index in [1.165, 1.54) is 12.1 Å². The van der Waals surface area contributed by atoms with Crippen LogP contribution in [0.5, 0.6) is 0 Å². The lowest BCUT2D eigenvalue weighted by atomic mass is 10.2. The van der Waals surface area contributed by atoms with Gasteiger partial charge in [0.2, 0.25) is 10.0 Å². The highest BCUT2D eigenvalue weighted by molar-refractivity contribution is 7.89. The molecule has 0 aliphatic carbocycles. The number of rotatable bonds is 5. The SMILES string of the molecule is C#CCN(CC)S(=O)(=O)c1ccc(N)cc1C(=O)O. The number of hydrogen-bond donors (Lipinski definition) is 2. The largest absolute Gasteiger partial charge is 0.478 e. The molecule has 0 amide bonds. The molecule has 0 saturated heterocycles. The predicted molar refractivity (Wildman–Crippen MR) is 71.1 cm³/mol. The van der Waals surface area contributed by atoms with Crippen molar-refractivity contribution in [3.63, 3.8) is 0 Å². The molecule has 0 radical (unpaired) electrons. The summed E-state index contributed by atoms with van der Waals surface area (Å²) in [5, 5.41) is 9.06. The van der Waals surface area contributed by atoms with Gasteiger partial charge in [-0.05, 0) is 18.2 Å². The average Bonchev–Trinajstić information content (AvgIpc) is 2.35. The van der Waals surface area contributed by atoms with Gasteiger partial charge in [0.25, 0.3) is 0 Å². The van der Waals surface area contributed by atoms with Crippen LogP contribution in [0.15, 0.2) is 23.1 Å². The number of hydrogen-bond acceptors (Lipinski definition) is 4. The van der Waals surface area contributed by atoms with Crippen molar-refractivity contribution in [3.8, 4) is 12.3 Å². The van der Waals surface area contributed by atoms with Crippen LogP contribution in [0, 0.1) is 12.3 Å². The van der Waals surface area contributed by atoms with E-state index in [0.717, 1.165) is 10.4 Å². The molecule has 0 unspecified atom stereocenters. The van der Waals surface area contributed by atoms with Crippen molar-refractivity contribution in [2.45, 2.75) is 11.8 Å². The highest BCUT2D eigenvalue weighted by Crippen LogP contribution is 2.22. The number of carbonyl (C=O) groups is 1. The first-order valence-electron chi connectivity index (χ1n) is 5.41. The first-order chi connectivity index (χ1) is 8.84. The quantitative estimate of drug-likeness (QED) is 0.608. The van der Waals surface area contributed by atoms with E-state index in [9.17, 15) is 13.2 Å². The first kappa shape index (κ1) is 15.0. The number of benzene rings is 1. The molecule has 7 heteroatoms. The second kappa shape index (κ2) is 5.73. The van der Waals surface area contributed by atoms with Crippen LogP contribution in [0.1, 0.15) is 17.3 Å². The van der Waals surface area contributed by atoms with E-state index in [1.807, 2.05) is 0 Å². The molecular weight excluding hydrogens is 268 g/mol. The topological polar surface area (TPSA) is 101 Å². The smallest absolute Gasteiger partial charge is 0.337 e. The van der Waals surface area contributed by atoms with Crippen LogP contribution in [-0.4, -0.2) is 36.9 Å². The van der Waals surface area contributed by atoms with Gasteiger partial charge >= 0.3 is 5.97 Å². The number of nitrogen functional groups attached to an aromatic ring is 1. The summed E-state index contributed by atoms with van der Waals surface area (Å²) in [6.45, 7) is 1.64. The predicted octanol–water partition coefficient (Wildman–Crippen LogP) is 0.611. The molecule has 6 nitrogen and oxygen atoms in total. The number of anilines is 1. The van der Waals surface area contributed by atoms with Gasteiger partial charge in [-0.15, -0.1) is 6.42 Å². The van der Waals surface area contributed by atoms with Crippen LogP contribution in [0.25, 0.3) is 0 Å². The molecule has 0 aromatic heterocycles. The van der Waals surface area contributed by atoms with Crippen LogP contribution in [-0.2, 0) is 10.0 Å². The minimum Gasteiger partial charge on any atom is -0.478 e. The van der Waals surface area contributed by atoms with Gasteiger partial charge in [-0.25, -0.2) is 13.2 Å². The lowest BCUT2D eigenvalue weighted by Crippen LogP contribution is -2.32. The van der Waals surface area contributed by atoms with E-state index in [4.69, 9.17) is 17.3 Å². The maximum Gasteiger partial charge on any atom is 0.337 e. The second-order valence-corrected chi connectivity index (χ2v) is 5.60. The Morgan fingerprint density at radius 1 is 1.53 bits per heavy atom. The van der Waals surface area contributed by atoms with E-state index >= 15 is 0 Å². The monoisotopic (exact) mass is 282 g/mol.